The van der Waals surface area contributed by atoms with Crippen molar-refractivity contribution in [2.24, 2.45) is 0 Å². The molecule has 1 atom stereocenters. The van der Waals surface area contributed by atoms with Crippen molar-refractivity contribution in [1.29, 1.82) is 0 Å². The summed E-state index contributed by atoms with van der Waals surface area (Å²) in [6, 6.07) is 8.80. The van der Waals surface area contributed by atoms with Crippen LogP contribution in [0.15, 0.2) is 40.9 Å². The zero-order valence-corrected chi connectivity index (χ0v) is 15.6. The van der Waals surface area contributed by atoms with Gasteiger partial charge in [0.2, 0.25) is 11.1 Å². The van der Waals surface area contributed by atoms with E-state index in [2.05, 4.69) is 20.5 Å². The molecule has 0 fully saturated rings. The molecule has 2 aromatic heterocycles. The zero-order chi connectivity index (χ0) is 17.1. The maximum absolute atomic E-state index is 12.3. The molecule has 0 aliphatic carbocycles. The summed E-state index contributed by atoms with van der Waals surface area (Å²) in [6.45, 7) is 1.79. The van der Waals surface area contributed by atoms with Crippen LogP contribution in [0.2, 0.25) is 10.0 Å². The van der Waals surface area contributed by atoms with E-state index in [-0.39, 0.29) is 11.2 Å². The normalized spacial score (nSPS) is 12.1. The molecule has 9 heteroatoms. The van der Waals surface area contributed by atoms with Crippen LogP contribution in [0.3, 0.4) is 0 Å². The van der Waals surface area contributed by atoms with Crippen molar-refractivity contribution in [2.45, 2.75) is 17.3 Å². The summed E-state index contributed by atoms with van der Waals surface area (Å²) in [4.78, 5) is 17.7. The number of aromatic nitrogens is 3. The molecule has 2 N–H and O–H groups in total. The molecule has 5 nitrogen and oxygen atoms in total. The molecule has 0 saturated heterocycles. The summed E-state index contributed by atoms with van der Waals surface area (Å²) >= 11 is 14.7. The smallest absolute Gasteiger partial charge is 0.237 e. The van der Waals surface area contributed by atoms with Gasteiger partial charge in [0.25, 0.3) is 0 Å². The molecular formula is C15H12Cl2N4OS2. The number of anilines is 1. The second-order valence-corrected chi connectivity index (χ2v) is 7.98. The Kier molecular flexibility index (Phi) is 5.45. The van der Waals surface area contributed by atoms with Crippen LogP contribution in [0.25, 0.3) is 10.7 Å². The fourth-order valence-corrected chi connectivity index (χ4v) is 3.82. The lowest BCUT2D eigenvalue weighted by Crippen LogP contribution is -2.22. The summed E-state index contributed by atoms with van der Waals surface area (Å²) in [5, 5.41) is 12.8. The lowest BCUT2D eigenvalue weighted by Gasteiger charge is -2.10. The number of halogens is 2. The van der Waals surface area contributed by atoms with Gasteiger partial charge in [-0.2, -0.15) is 0 Å². The molecule has 0 bridgehead atoms. The first-order valence-electron chi connectivity index (χ1n) is 6.91. The van der Waals surface area contributed by atoms with Crippen molar-refractivity contribution >= 4 is 57.9 Å². The van der Waals surface area contributed by atoms with E-state index in [1.165, 1.54) is 11.8 Å². The largest absolute Gasteiger partial charge is 0.325 e. The standard InChI is InChI=1S/C15H12Cl2N4OS2/c1-8(14(22)18-11-6-9(16)5-10(17)7-11)24-15-19-13(20-21-15)12-3-2-4-23-12/h2-8H,1H3,(H,18,22)(H,19,20,21)/t8-/m0/s1. The number of thiophene rings is 1. The van der Waals surface area contributed by atoms with Gasteiger partial charge in [0.15, 0.2) is 5.82 Å². The molecule has 1 aromatic carbocycles. The first-order valence-corrected chi connectivity index (χ1v) is 9.42. The Bertz CT molecular complexity index is 831. The van der Waals surface area contributed by atoms with Crippen LogP contribution in [0, 0.1) is 0 Å². The zero-order valence-electron chi connectivity index (χ0n) is 12.4. The molecule has 3 rings (SSSR count). The Balaban J connectivity index is 1.64. The van der Waals surface area contributed by atoms with Crippen LogP contribution >= 0.6 is 46.3 Å². The first-order chi connectivity index (χ1) is 11.5. The van der Waals surface area contributed by atoms with Crippen LogP contribution < -0.4 is 5.32 Å². The maximum atomic E-state index is 12.3. The van der Waals surface area contributed by atoms with Gasteiger partial charge in [0.05, 0.1) is 10.1 Å². The van der Waals surface area contributed by atoms with E-state index in [0.29, 0.717) is 26.7 Å². The number of thioether (sulfide) groups is 1. The molecule has 1 amide bonds. The summed E-state index contributed by atoms with van der Waals surface area (Å²) in [7, 11) is 0. The Morgan fingerprint density at radius 2 is 2.08 bits per heavy atom. The SMILES string of the molecule is C[C@H](Sc1n[nH]c(-c2cccs2)n1)C(=O)Nc1cc(Cl)cc(Cl)c1. The quantitative estimate of drug-likeness (QED) is 0.595. The van der Waals surface area contributed by atoms with Gasteiger partial charge in [-0.05, 0) is 36.6 Å². The van der Waals surface area contributed by atoms with Crippen LogP contribution in [0.5, 0.6) is 0 Å². The molecule has 0 spiro atoms. The minimum absolute atomic E-state index is 0.180. The van der Waals surface area contributed by atoms with E-state index in [1.807, 2.05) is 17.5 Å². The van der Waals surface area contributed by atoms with Gasteiger partial charge in [-0.1, -0.05) is 41.0 Å². The van der Waals surface area contributed by atoms with Crippen LogP contribution in [0.4, 0.5) is 5.69 Å². The minimum atomic E-state index is -0.380. The highest BCUT2D eigenvalue weighted by molar-refractivity contribution is 8.00. The average Bonchev–Trinajstić information content (AvgIpc) is 3.16. The number of carbonyl (C=O) groups is 1. The topological polar surface area (TPSA) is 70.7 Å². The van der Waals surface area contributed by atoms with E-state index in [0.717, 1.165) is 4.88 Å². The number of benzene rings is 1. The van der Waals surface area contributed by atoms with Gasteiger partial charge in [-0.3, -0.25) is 9.89 Å². The highest BCUT2D eigenvalue weighted by atomic mass is 35.5. The first kappa shape index (κ1) is 17.3. The fraction of sp³-hybridized carbons (Fsp3) is 0.133. The van der Waals surface area contributed by atoms with Crippen molar-refractivity contribution < 1.29 is 4.79 Å². The molecule has 0 radical (unpaired) electrons. The maximum Gasteiger partial charge on any atom is 0.237 e. The second kappa shape index (κ2) is 7.57. The van der Waals surface area contributed by atoms with E-state index >= 15 is 0 Å². The number of amides is 1. The van der Waals surface area contributed by atoms with E-state index < -0.39 is 0 Å². The van der Waals surface area contributed by atoms with E-state index in [4.69, 9.17) is 23.2 Å². The van der Waals surface area contributed by atoms with Crippen molar-refractivity contribution in [3.63, 3.8) is 0 Å². The number of aromatic amines is 1. The van der Waals surface area contributed by atoms with Crippen molar-refractivity contribution in [3.8, 4) is 10.7 Å². The molecule has 2 heterocycles. The molecule has 0 saturated carbocycles. The number of H-pyrrole nitrogens is 1. The van der Waals surface area contributed by atoms with Crippen molar-refractivity contribution in [2.75, 3.05) is 5.32 Å². The van der Waals surface area contributed by atoms with Gasteiger partial charge in [-0.15, -0.1) is 16.4 Å². The minimum Gasteiger partial charge on any atom is -0.325 e. The number of rotatable bonds is 5. The van der Waals surface area contributed by atoms with Crippen LogP contribution in [-0.4, -0.2) is 26.3 Å². The van der Waals surface area contributed by atoms with E-state index in [1.54, 1.807) is 36.5 Å². The number of nitrogens with zero attached hydrogens (tertiary/aromatic N) is 2. The molecule has 3 aromatic rings. The van der Waals surface area contributed by atoms with Gasteiger partial charge in [0.1, 0.15) is 0 Å². The van der Waals surface area contributed by atoms with E-state index in [9.17, 15) is 4.79 Å². The summed E-state index contributed by atoms with van der Waals surface area (Å²) in [5.41, 5.74) is 0.555. The van der Waals surface area contributed by atoms with Gasteiger partial charge < -0.3 is 5.32 Å². The fourth-order valence-electron chi connectivity index (χ4n) is 1.90. The van der Waals surface area contributed by atoms with Gasteiger partial charge in [-0.25, -0.2) is 4.98 Å². The third-order valence-electron chi connectivity index (χ3n) is 3.00. The highest BCUT2D eigenvalue weighted by Gasteiger charge is 2.18. The van der Waals surface area contributed by atoms with Gasteiger partial charge in [0, 0.05) is 15.7 Å². The Hall–Kier alpha value is -1.54. The molecule has 0 aliphatic rings. The van der Waals surface area contributed by atoms with Crippen molar-refractivity contribution in [1.82, 2.24) is 15.2 Å². The Morgan fingerprint density at radius 3 is 2.75 bits per heavy atom. The number of hydrogen-bond acceptors (Lipinski definition) is 5. The Morgan fingerprint density at radius 1 is 1.33 bits per heavy atom. The molecule has 24 heavy (non-hydrogen) atoms. The third-order valence-corrected chi connectivity index (χ3v) is 5.28. The number of nitrogens with one attached hydrogen (secondary N) is 2. The highest BCUT2D eigenvalue weighted by Crippen LogP contribution is 2.27. The Labute approximate surface area is 156 Å². The molecule has 0 aliphatic heterocycles. The monoisotopic (exact) mass is 398 g/mol. The molecule has 124 valence electrons. The van der Waals surface area contributed by atoms with Crippen LogP contribution in [-0.2, 0) is 4.79 Å². The van der Waals surface area contributed by atoms with Gasteiger partial charge >= 0.3 is 0 Å². The summed E-state index contributed by atoms with van der Waals surface area (Å²) in [6.07, 6.45) is 0. The third kappa shape index (κ3) is 4.30. The molecule has 0 unspecified atom stereocenters. The summed E-state index contributed by atoms with van der Waals surface area (Å²) < 4.78 is 0. The summed E-state index contributed by atoms with van der Waals surface area (Å²) in [5.74, 6) is 0.516. The van der Waals surface area contributed by atoms with Crippen molar-refractivity contribution in [3.05, 3.63) is 45.8 Å². The molecular weight excluding hydrogens is 387 g/mol. The lowest BCUT2D eigenvalue weighted by atomic mass is 10.3. The average molecular weight is 399 g/mol. The predicted octanol–water partition coefficient (Wildman–Crippen LogP) is 4.96. The number of carbonyl (C=O) groups excluding carboxylic acids is 1. The second-order valence-electron chi connectivity index (χ2n) is 4.85. The van der Waals surface area contributed by atoms with Crippen LogP contribution in [0.1, 0.15) is 6.92 Å². The predicted molar refractivity (Wildman–Crippen MR) is 100 cm³/mol. The lowest BCUT2D eigenvalue weighted by molar-refractivity contribution is -0.115. The number of hydrogen-bond donors (Lipinski definition) is 2.